The first-order valence-electron chi connectivity index (χ1n) is 7.28. The van der Waals surface area contributed by atoms with Crippen molar-refractivity contribution in [3.8, 4) is 17.0 Å². The Kier molecular flexibility index (Phi) is 3.35. The molecule has 1 aromatic heterocycles. The van der Waals surface area contributed by atoms with Crippen molar-refractivity contribution in [1.82, 2.24) is 4.98 Å². The maximum absolute atomic E-state index is 12.3. The van der Waals surface area contributed by atoms with Crippen LogP contribution in [0.2, 0.25) is 0 Å². The summed E-state index contributed by atoms with van der Waals surface area (Å²) in [6.45, 7) is 0. The molecule has 0 unspecified atom stereocenters. The van der Waals surface area contributed by atoms with Crippen LogP contribution in [0.1, 0.15) is 20.8 Å². The van der Waals surface area contributed by atoms with Gasteiger partial charge in [0, 0.05) is 22.4 Å². The molecule has 0 bridgehead atoms. The molecule has 5 heteroatoms. The molecule has 23 heavy (non-hydrogen) atoms. The van der Waals surface area contributed by atoms with Crippen molar-refractivity contribution in [3.63, 3.8) is 0 Å². The van der Waals surface area contributed by atoms with Crippen LogP contribution < -0.4 is 10.1 Å². The molecule has 0 saturated carbocycles. The van der Waals surface area contributed by atoms with Crippen LogP contribution >= 0.6 is 11.3 Å². The molecular weight excluding hydrogens is 308 g/mol. The molecule has 0 spiro atoms. The second kappa shape index (κ2) is 5.52. The number of rotatable bonds is 3. The summed E-state index contributed by atoms with van der Waals surface area (Å²) in [5, 5.41) is 3.53. The molecule has 3 aromatic rings. The number of methoxy groups -OCH3 is 1. The molecule has 0 fully saturated rings. The number of benzene rings is 2. The lowest BCUT2D eigenvalue weighted by molar-refractivity contribution is 0.102. The van der Waals surface area contributed by atoms with Gasteiger partial charge >= 0.3 is 0 Å². The van der Waals surface area contributed by atoms with Crippen LogP contribution in [0, 0.1) is 0 Å². The Bertz CT molecular complexity index is 884. The maximum atomic E-state index is 12.3. The Morgan fingerprint density at radius 3 is 2.74 bits per heavy atom. The minimum Gasteiger partial charge on any atom is -0.497 e. The number of amides is 1. The molecule has 1 amide bonds. The van der Waals surface area contributed by atoms with Gasteiger partial charge in [-0.25, -0.2) is 4.98 Å². The predicted molar refractivity (Wildman–Crippen MR) is 91.3 cm³/mol. The Morgan fingerprint density at radius 1 is 1.17 bits per heavy atom. The van der Waals surface area contributed by atoms with Crippen LogP contribution in [-0.2, 0) is 6.42 Å². The van der Waals surface area contributed by atoms with E-state index in [-0.39, 0.29) is 5.91 Å². The van der Waals surface area contributed by atoms with Crippen LogP contribution in [0.15, 0.2) is 48.5 Å². The van der Waals surface area contributed by atoms with Crippen molar-refractivity contribution in [1.29, 1.82) is 0 Å². The first-order chi connectivity index (χ1) is 11.2. The van der Waals surface area contributed by atoms with E-state index in [0.29, 0.717) is 10.7 Å². The third-order valence-corrected chi connectivity index (χ3v) is 4.86. The second-order valence-corrected chi connectivity index (χ2v) is 6.39. The highest BCUT2D eigenvalue weighted by Crippen LogP contribution is 2.40. The Morgan fingerprint density at radius 2 is 1.96 bits per heavy atom. The lowest BCUT2D eigenvalue weighted by atomic mass is 10.1. The largest absolute Gasteiger partial charge is 0.497 e. The van der Waals surface area contributed by atoms with Crippen molar-refractivity contribution in [3.05, 3.63) is 64.5 Å². The predicted octanol–water partition coefficient (Wildman–Crippen LogP) is 3.98. The van der Waals surface area contributed by atoms with Crippen LogP contribution in [-0.4, -0.2) is 18.0 Å². The quantitative estimate of drug-likeness (QED) is 0.621. The maximum Gasteiger partial charge on any atom is 0.257 e. The summed E-state index contributed by atoms with van der Waals surface area (Å²) in [6.07, 6.45) is 0.890. The number of nitrogens with one attached hydrogen (secondary N) is 1. The number of hydrogen-bond acceptors (Lipinski definition) is 4. The average Bonchev–Trinajstić information content (AvgIpc) is 3.12. The molecule has 4 nitrogen and oxygen atoms in total. The van der Waals surface area contributed by atoms with E-state index in [1.165, 1.54) is 16.0 Å². The first kappa shape index (κ1) is 14.0. The number of aromatic nitrogens is 1. The zero-order valence-corrected chi connectivity index (χ0v) is 13.3. The summed E-state index contributed by atoms with van der Waals surface area (Å²) in [4.78, 5) is 18.1. The van der Waals surface area contributed by atoms with Crippen molar-refractivity contribution < 1.29 is 9.53 Å². The Hall–Kier alpha value is -2.66. The van der Waals surface area contributed by atoms with Crippen LogP contribution in [0.4, 0.5) is 5.13 Å². The van der Waals surface area contributed by atoms with Gasteiger partial charge in [0.25, 0.3) is 5.91 Å². The zero-order chi connectivity index (χ0) is 15.8. The third kappa shape index (κ3) is 2.49. The smallest absolute Gasteiger partial charge is 0.257 e. The van der Waals surface area contributed by atoms with E-state index in [1.54, 1.807) is 42.7 Å². The molecule has 1 aliphatic carbocycles. The molecule has 0 radical (unpaired) electrons. The summed E-state index contributed by atoms with van der Waals surface area (Å²) in [5.74, 6) is 0.569. The van der Waals surface area contributed by atoms with Gasteiger partial charge in [0.15, 0.2) is 5.13 Å². The Balaban J connectivity index is 1.56. The first-order valence-corrected chi connectivity index (χ1v) is 8.09. The number of ether oxygens (including phenoxy) is 1. The van der Waals surface area contributed by atoms with Crippen molar-refractivity contribution in [2.24, 2.45) is 0 Å². The molecule has 0 saturated heterocycles. The molecule has 1 aliphatic rings. The van der Waals surface area contributed by atoms with Crippen LogP contribution in [0.5, 0.6) is 5.75 Å². The number of fused-ring (bicyclic) bond motifs is 3. The van der Waals surface area contributed by atoms with Crippen molar-refractivity contribution in [2.45, 2.75) is 6.42 Å². The topological polar surface area (TPSA) is 51.2 Å². The summed E-state index contributed by atoms with van der Waals surface area (Å²) < 4.78 is 5.10. The molecule has 1 heterocycles. The average molecular weight is 322 g/mol. The summed E-state index contributed by atoms with van der Waals surface area (Å²) >= 11 is 1.54. The highest BCUT2D eigenvalue weighted by Gasteiger charge is 2.23. The van der Waals surface area contributed by atoms with Crippen molar-refractivity contribution >= 4 is 22.4 Å². The highest BCUT2D eigenvalue weighted by atomic mass is 32.1. The van der Waals surface area contributed by atoms with Gasteiger partial charge in [0.05, 0.1) is 12.8 Å². The SMILES string of the molecule is COc1ccc(C(=O)Nc2nc3c(s2)Cc2ccccc2-3)cc1. The fourth-order valence-electron chi connectivity index (χ4n) is 2.73. The van der Waals surface area contributed by atoms with Gasteiger partial charge in [-0.2, -0.15) is 0 Å². The second-order valence-electron chi connectivity index (χ2n) is 5.31. The molecule has 0 aliphatic heterocycles. The number of thiazole rings is 1. The minimum atomic E-state index is -0.159. The van der Waals surface area contributed by atoms with E-state index in [1.807, 2.05) is 12.1 Å². The van der Waals surface area contributed by atoms with E-state index in [0.717, 1.165) is 17.9 Å². The summed E-state index contributed by atoms with van der Waals surface area (Å²) in [7, 11) is 1.60. The number of hydrogen-bond donors (Lipinski definition) is 1. The Labute approximate surface area is 137 Å². The molecule has 0 atom stereocenters. The number of carbonyl (C=O) groups is 1. The number of nitrogens with zero attached hydrogens (tertiary/aromatic N) is 1. The normalized spacial score (nSPS) is 11.7. The van der Waals surface area contributed by atoms with Gasteiger partial charge in [0.2, 0.25) is 0 Å². The fourth-order valence-corrected chi connectivity index (χ4v) is 3.72. The van der Waals surface area contributed by atoms with E-state index in [4.69, 9.17) is 4.74 Å². The van der Waals surface area contributed by atoms with Crippen LogP contribution in [0.25, 0.3) is 11.3 Å². The van der Waals surface area contributed by atoms with Gasteiger partial charge in [-0.3, -0.25) is 10.1 Å². The summed E-state index contributed by atoms with van der Waals surface area (Å²) in [6, 6.07) is 15.3. The number of carbonyl (C=O) groups excluding carboxylic acids is 1. The van der Waals surface area contributed by atoms with Crippen molar-refractivity contribution in [2.75, 3.05) is 12.4 Å². The van der Waals surface area contributed by atoms with Crippen LogP contribution in [0.3, 0.4) is 0 Å². The van der Waals surface area contributed by atoms with E-state index in [2.05, 4.69) is 22.4 Å². The molecule has 4 rings (SSSR count). The van der Waals surface area contributed by atoms with Gasteiger partial charge in [-0.15, -0.1) is 11.3 Å². The zero-order valence-electron chi connectivity index (χ0n) is 12.5. The standard InChI is InChI=1S/C18H14N2O2S/c1-22-13-8-6-11(7-9-13)17(21)20-18-19-16-14-5-3-2-4-12(14)10-15(16)23-18/h2-9H,10H2,1H3,(H,19,20,21). The van der Waals surface area contributed by atoms with Gasteiger partial charge in [0.1, 0.15) is 5.75 Å². The highest BCUT2D eigenvalue weighted by molar-refractivity contribution is 7.16. The van der Waals surface area contributed by atoms with E-state index >= 15 is 0 Å². The molecular formula is C18H14N2O2S. The van der Waals surface area contributed by atoms with Gasteiger partial charge in [-0.1, -0.05) is 24.3 Å². The van der Waals surface area contributed by atoms with E-state index in [9.17, 15) is 4.79 Å². The lowest BCUT2D eigenvalue weighted by Crippen LogP contribution is -2.11. The third-order valence-electron chi connectivity index (χ3n) is 3.89. The fraction of sp³-hybridized carbons (Fsp3) is 0.111. The van der Waals surface area contributed by atoms with Gasteiger partial charge < -0.3 is 4.74 Å². The monoisotopic (exact) mass is 322 g/mol. The molecule has 2 aromatic carbocycles. The van der Waals surface area contributed by atoms with Gasteiger partial charge in [-0.05, 0) is 29.8 Å². The number of anilines is 1. The molecule has 1 N–H and O–H groups in total. The lowest BCUT2D eigenvalue weighted by Gasteiger charge is -2.04. The molecule has 114 valence electrons. The van der Waals surface area contributed by atoms with E-state index < -0.39 is 0 Å². The minimum absolute atomic E-state index is 0.159. The summed E-state index contributed by atoms with van der Waals surface area (Å²) in [5.41, 5.74) is 4.05.